The SMILES string of the molecule is N=[N+]1CCOC1. The molecular formula is C3H7N2O+. The zero-order valence-electron chi connectivity index (χ0n) is 3.48. The predicted molar refractivity (Wildman–Crippen MR) is 18.7 cm³/mol. The first-order valence-electron chi connectivity index (χ1n) is 1.93. The van der Waals surface area contributed by atoms with Crippen LogP contribution in [0.2, 0.25) is 0 Å². The van der Waals surface area contributed by atoms with Gasteiger partial charge in [-0.15, -0.1) is 4.70 Å². The van der Waals surface area contributed by atoms with E-state index in [2.05, 4.69) is 0 Å². The lowest BCUT2D eigenvalue weighted by Crippen LogP contribution is -1.98. The molecule has 0 radical (unpaired) electrons. The zero-order chi connectivity index (χ0) is 4.41. The van der Waals surface area contributed by atoms with E-state index in [9.17, 15) is 0 Å². The molecule has 1 saturated heterocycles. The van der Waals surface area contributed by atoms with Crippen LogP contribution in [0, 0.1) is 5.53 Å². The Labute approximate surface area is 36.0 Å². The fraction of sp³-hybridized carbons (Fsp3) is 1.00. The first kappa shape index (κ1) is 3.74. The van der Waals surface area contributed by atoms with Gasteiger partial charge in [0, 0.05) is 0 Å². The maximum absolute atomic E-state index is 6.84. The van der Waals surface area contributed by atoms with Crippen molar-refractivity contribution >= 4 is 0 Å². The van der Waals surface area contributed by atoms with E-state index in [-0.39, 0.29) is 0 Å². The fourth-order valence-corrected chi connectivity index (χ4v) is 0.414. The van der Waals surface area contributed by atoms with Gasteiger partial charge < -0.3 is 4.74 Å². The molecule has 1 fully saturated rings. The quantitative estimate of drug-likeness (QED) is 0.415. The molecule has 3 nitrogen and oxygen atoms in total. The van der Waals surface area contributed by atoms with Crippen LogP contribution in [0.3, 0.4) is 0 Å². The predicted octanol–water partition coefficient (Wildman–Crippen LogP) is 0.0176. The van der Waals surface area contributed by atoms with E-state index in [1.54, 1.807) is 0 Å². The molecule has 3 heteroatoms. The van der Waals surface area contributed by atoms with Crippen molar-refractivity contribution in [1.29, 1.82) is 5.53 Å². The number of rotatable bonds is 0. The highest BCUT2D eigenvalue weighted by atomic mass is 16.5. The summed E-state index contributed by atoms with van der Waals surface area (Å²) in [6.45, 7) is 1.98. The van der Waals surface area contributed by atoms with Gasteiger partial charge in [0.1, 0.15) is 6.61 Å². The first-order chi connectivity index (χ1) is 2.89. The summed E-state index contributed by atoms with van der Waals surface area (Å²) < 4.78 is 6.18. The molecular weight excluding hydrogens is 80.0 g/mol. The van der Waals surface area contributed by atoms with Gasteiger partial charge in [-0.3, -0.25) is 0 Å². The van der Waals surface area contributed by atoms with Crippen molar-refractivity contribution in [1.82, 2.24) is 0 Å². The van der Waals surface area contributed by atoms with Crippen LogP contribution in [-0.2, 0) is 4.74 Å². The van der Waals surface area contributed by atoms with Gasteiger partial charge in [-0.2, -0.15) is 0 Å². The van der Waals surface area contributed by atoms with Crippen LogP contribution in [0.5, 0.6) is 0 Å². The van der Waals surface area contributed by atoms with Crippen molar-refractivity contribution in [2.45, 2.75) is 0 Å². The summed E-state index contributed by atoms with van der Waals surface area (Å²) in [5.74, 6) is 0. The number of hydrogen-bond donors (Lipinski definition) is 1. The van der Waals surface area contributed by atoms with Crippen LogP contribution >= 0.6 is 0 Å². The van der Waals surface area contributed by atoms with Crippen molar-refractivity contribution in [3.8, 4) is 0 Å². The van der Waals surface area contributed by atoms with Crippen LogP contribution in [0.25, 0.3) is 0 Å². The summed E-state index contributed by atoms with van der Waals surface area (Å²) in [5, 5.41) is 0. The third-order valence-electron chi connectivity index (χ3n) is 0.753. The minimum atomic E-state index is 0.486. The second-order valence-corrected chi connectivity index (χ2v) is 1.30. The molecule has 0 spiro atoms. The molecule has 0 aromatic carbocycles. The molecule has 34 valence electrons. The molecule has 0 saturated carbocycles. The van der Waals surface area contributed by atoms with Gasteiger partial charge in [0.15, 0.2) is 6.54 Å². The van der Waals surface area contributed by atoms with Crippen molar-refractivity contribution in [2.24, 2.45) is 0 Å². The van der Waals surface area contributed by atoms with Crippen LogP contribution in [-0.4, -0.2) is 24.6 Å². The van der Waals surface area contributed by atoms with Crippen molar-refractivity contribution in [3.05, 3.63) is 0 Å². The van der Waals surface area contributed by atoms with Crippen molar-refractivity contribution in [2.75, 3.05) is 19.9 Å². The van der Waals surface area contributed by atoms with Crippen LogP contribution in [0.15, 0.2) is 0 Å². The highest BCUT2D eigenvalue weighted by Crippen LogP contribution is 1.86. The second-order valence-electron chi connectivity index (χ2n) is 1.30. The number of hydrogen-bond acceptors (Lipinski definition) is 2. The summed E-state index contributed by atoms with van der Waals surface area (Å²) in [4.78, 5) is 0. The third kappa shape index (κ3) is 0.542. The summed E-state index contributed by atoms with van der Waals surface area (Å²) in [6, 6.07) is 0. The van der Waals surface area contributed by atoms with Gasteiger partial charge in [0.25, 0.3) is 6.73 Å². The summed E-state index contributed by atoms with van der Waals surface area (Å²) in [7, 11) is 0. The van der Waals surface area contributed by atoms with Crippen LogP contribution in [0.1, 0.15) is 0 Å². The Kier molecular flexibility index (Phi) is 0.837. The van der Waals surface area contributed by atoms with E-state index in [0.29, 0.717) is 6.73 Å². The molecule has 0 bridgehead atoms. The van der Waals surface area contributed by atoms with Crippen molar-refractivity contribution < 1.29 is 9.43 Å². The third-order valence-corrected chi connectivity index (χ3v) is 0.753. The average Bonchev–Trinajstić information content (AvgIpc) is 1.86. The van der Waals surface area contributed by atoms with Gasteiger partial charge >= 0.3 is 0 Å². The molecule has 1 aliphatic heterocycles. The van der Waals surface area contributed by atoms with E-state index < -0.39 is 0 Å². The Balaban J connectivity index is 2.37. The lowest BCUT2D eigenvalue weighted by molar-refractivity contribution is -0.611. The minimum Gasteiger partial charge on any atom is -0.315 e. The highest BCUT2D eigenvalue weighted by molar-refractivity contribution is 4.24. The average molecular weight is 87.1 g/mol. The maximum Gasteiger partial charge on any atom is 0.272 e. The molecule has 0 aromatic heterocycles. The van der Waals surface area contributed by atoms with Gasteiger partial charge in [-0.05, 0) is 0 Å². The Hall–Kier alpha value is -0.440. The number of nitrogens with zero attached hydrogens (tertiary/aromatic N) is 1. The summed E-state index contributed by atoms with van der Waals surface area (Å²) in [5.41, 5.74) is 6.84. The minimum absolute atomic E-state index is 0.486. The molecule has 0 unspecified atom stereocenters. The normalized spacial score (nSPS) is 22.3. The fourth-order valence-electron chi connectivity index (χ4n) is 0.414. The Morgan fingerprint density at radius 1 is 1.67 bits per heavy atom. The largest absolute Gasteiger partial charge is 0.315 e. The molecule has 0 atom stereocenters. The van der Waals surface area contributed by atoms with Gasteiger partial charge in [-0.1, -0.05) is 5.53 Å². The Morgan fingerprint density at radius 2 is 2.50 bits per heavy atom. The number of nitrogens with one attached hydrogen (secondary N) is 1. The Bertz CT molecular complexity index is 63.2. The summed E-state index contributed by atoms with van der Waals surface area (Å²) >= 11 is 0. The van der Waals surface area contributed by atoms with E-state index in [0.717, 1.165) is 13.2 Å². The standard InChI is InChI=1S/C3H7N2O/c4-5-1-2-6-3-5/h4H,1-3H2/q+1. The van der Waals surface area contributed by atoms with Crippen LogP contribution < -0.4 is 0 Å². The molecule has 0 aromatic rings. The van der Waals surface area contributed by atoms with Crippen molar-refractivity contribution in [3.63, 3.8) is 0 Å². The lowest BCUT2D eigenvalue weighted by atomic mass is 10.7. The number of ether oxygens (including phenoxy) is 1. The first-order valence-corrected chi connectivity index (χ1v) is 1.93. The zero-order valence-corrected chi connectivity index (χ0v) is 3.48. The van der Waals surface area contributed by atoms with E-state index in [4.69, 9.17) is 10.3 Å². The van der Waals surface area contributed by atoms with E-state index in [1.807, 2.05) is 0 Å². The Morgan fingerprint density at radius 3 is 2.67 bits per heavy atom. The smallest absolute Gasteiger partial charge is 0.272 e. The maximum atomic E-state index is 6.84. The van der Waals surface area contributed by atoms with Crippen LogP contribution in [0.4, 0.5) is 0 Å². The summed E-state index contributed by atoms with van der Waals surface area (Å²) in [6.07, 6.45) is 0. The second kappa shape index (κ2) is 1.34. The molecule has 1 N–H and O–H groups in total. The topological polar surface area (TPSA) is 36.1 Å². The molecule has 1 aliphatic rings. The van der Waals surface area contributed by atoms with Gasteiger partial charge in [-0.25, -0.2) is 0 Å². The van der Waals surface area contributed by atoms with Gasteiger partial charge in [0.2, 0.25) is 0 Å². The molecule has 1 rings (SSSR count). The monoisotopic (exact) mass is 87.1 g/mol. The lowest BCUT2D eigenvalue weighted by Gasteiger charge is -1.72. The van der Waals surface area contributed by atoms with Gasteiger partial charge in [0.05, 0.1) is 0 Å². The molecule has 0 aliphatic carbocycles. The molecule has 1 heterocycles. The molecule has 0 amide bonds. The van der Waals surface area contributed by atoms with E-state index >= 15 is 0 Å². The van der Waals surface area contributed by atoms with E-state index in [1.165, 1.54) is 4.70 Å². The molecule has 6 heavy (non-hydrogen) atoms. The highest BCUT2D eigenvalue weighted by Gasteiger charge is 2.10.